The molecule has 1 aromatic rings. The summed E-state index contributed by atoms with van der Waals surface area (Å²) < 4.78 is 26.5. The van der Waals surface area contributed by atoms with Crippen molar-refractivity contribution in [2.45, 2.75) is 51.5 Å². The van der Waals surface area contributed by atoms with Gasteiger partial charge in [0.05, 0.1) is 0 Å². The summed E-state index contributed by atoms with van der Waals surface area (Å²) in [6.07, 6.45) is 6.45. The van der Waals surface area contributed by atoms with Crippen LogP contribution in [0.5, 0.6) is 0 Å². The quantitative estimate of drug-likeness (QED) is 0.649. The molecule has 1 unspecified atom stereocenters. The minimum absolute atomic E-state index is 0.0500. The van der Waals surface area contributed by atoms with Gasteiger partial charge in [0.1, 0.15) is 11.6 Å². The minimum Gasteiger partial charge on any atom is -0.271 e. The molecule has 0 bridgehead atoms. The predicted octanol–water partition coefficient (Wildman–Crippen LogP) is 3.31. The van der Waals surface area contributed by atoms with E-state index in [1.807, 2.05) is 0 Å². The molecule has 0 aromatic heterocycles. The van der Waals surface area contributed by atoms with Gasteiger partial charge in [-0.15, -0.1) is 0 Å². The van der Waals surface area contributed by atoms with Crippen LogP contribution in [0.2, 0.25) is 0 Å². The Morgan fingerprint density at radius 3 is 2.26 bits per heavy atom. The molecule has 0 saturated heterocycles. The second-order valence-corrected chi connectivity index (χ2v) is 5.92. The lowest BCUT2D eigenvalue weighted by Gasteiger charge is -2.40. The van der Waals surface area contributed by atoms with Crippen LogP contribution < -0.4 is 11.3 Å². The first kappa shape index (κ1) is 14.4. The van der Waals surface area contributed by atoms with E-state index in [0.717, 1.165) is 18.9 Å². The van der Waals surface area contributed by atoms with E-state index in [-0.39, 0.29) is 11.5 Å². The summed E-state index contributed by atoms with van der Waals surface area (Å²) in [5.41, 5.74) is 3.62. The van der Waals surface area contributed by atoms with Gasteiger partial charge in [0.15, 0.2) is 0 Å². The summed E-state index contributed by atoms with van der Waals surface area (Å²) in [6, 6.07) is 3.73. The lowest BCUT2D eigenvalue weighted by atomic mass is 9.69. The Balaban J connectivity index is 2.13. The largest absolute Gasteiger partial charge is 0.271 e. The number of hydrogen-bond acceptors (Lipinski definition) is 2. The average molecular weight is 268 g/mol. The van der Waals surface area contributed by atoms with Crippen LogP contribution >= 0.6 is 0 Å². The van der Waals surface area contributed by atoms with Crippen LogP contribution in [0.4, 0.5) is 8.78 Å². The van der Waals surface area contributed by atoms with Gasteiger partial charge >= 0.3 is 0 Å². The highest BCUT2D eigenvalue weighted by molar-refractivity contribution is 5.19. The van der Waals surface area contributed by atoms with Crippen molar-refractivity contribution >= 4 is 0 Å². The molecular formula is C15H22F2N2. The standard InChI is InChI=1S/C15H22F2N2/c1-15(5-3-2-4-6-15)14(19-18)9-11-7-12(16)10-13(17)8-11/h7-8,10,14,19H,2-6,9,18H2,1H3. The van der Waals surface area contributed by atoms with Crippen molar-refractivity contribution in [3.8, 4) is 0 Å². The van der Waals surface area contributed by atoms with Crippen molar-refractivity contribution in [1.29, 1.82) is 0 Å². The van der Waals surface area contributed by atoms with Crippen LogP contribution in [0.3, 0.4) is 0 Å². The van der Waals surface area contributed by atoms with E-state index in [2.05, 4.69) is 12.3 Å². The first-order chi connectivity index (χ1) is 9.03. The topological polar surface area (TPSA) is 38.0 Å². The second kappa shape index (κ2) is 5.97. The highest BCUT2D eigenvalue weighted by Gasteiger charge is 2.34. The third-order valence-electron chi connectivity index (χ3n) is 4.40. The Morgan fingerprint density at radius 1 is 1.16 bits per heavy atom. The van der Waals surface area contributed by atoms with E-state index in [1.165, 1.54) is 31.4 Å². The van der Waals surface area contributed by atoms with Crippen LogP contribution in [-0.2, 0) is 6.42 Å². The van der Waals surface area contributed by atoms with Gasteiger partial charge < -0.3 is 0 Å². The Morgan fingerprint density at radius 2 is 1.74 bits per heavy atom. The maximum Gasteiger partial charge on any atom is 0.126 e. The van der Waals surface area contributed by atoms with Gasteiger partial charge in [-0.2, -0.15) is 0 Å². The lowest BCUT2D eigenvalue weighted by Crippen LogP contribution is -2.49. The fraction of sp³-hybridized carbons (Fsp3) is 0.600. The third-order valence-corrected chi connectivity index (χ3v) is 4.40. The number of hydrogen-bond donors (Lipinski definition) is 2. The van der Waals surface area contributed by atoms with Gasteiger partial charge in [0.2, 0.25) is 0 Å². The third kappa shape index (κ3) is 3.51. The fourth-order valence-electron chi connectivity index (χ4n) is 3.18. The fourth-order valence-corrected chi connectivity index (χ4v) is 3.18. The normalized spacial score (nSPS) is 20.2. The summed E-state index contributed by atoms with van der Waals surface area (Å²) in [6.45, 7) is 2.21. The molecule has 0 amide bonds. The molecule has 1 saturated carbocycles. The molecule has 0 radical (unpaired) electrons. The van der Waals surface area contributed by atoms with E-state index in [4.69, 9.17) is 5.84 Å². The zero-order valence-electron chi connectivity index (χ0n) is 11.4. The van der Waals surface area contributed by atoms with E-state index < -0.39 is 11.6 Å². The highest BCUT2D eigenvalue weighted by Crippen LogP contribution is 2.39. The van der Waals surface area contributed by atoms with Crippen molar-refractivity contribution in [3.63, 3.8) is 0 Å². The van der Waals surface area contributed by atoms with Gasteiger partial charge in [-0.1, -0.05) is 26.2 Å². The molecule has 19 heavy (non-hydrogen) atoms. The molecule has 4 heteroatoms. The molecule has 0 aliphatic heterocycles. The van der Waals surface area contributed by atoms with E-state index in [0.29, 0.717) is 12.0 Å². The maximum atomic E-state index is 13.2. The van der Waals surface area contributed by atoms with Crippen LogP contribution in [0.25, 0.3) is 0 Å². The lowest BCUT2D eigenvalue weighted by molar-refractivity contribution is 0.144. The summed E-state index contributed by atoms with van der Waals surface area (Å²) >= 11 is 0. The number of nitrogens with one attached hydrogen (secondary N) is 1. The van der Waals surface area contributed by atoms with Gasteiger partial charge in [0, 0.05) is 12.1 Å². The van der Waals surface area contributed by atoms with Crippen molar-refractivity contribution in [1.82, 2.24) is 5.43 Å². The average Bonchev–Trinajstić information content (AvgIpc) is 2.35. The smallest absolute Gasteiger partial charge is 0.126 e. The molecule has 1 atom stereocenters. The van der Waals surface area contributed by atoms with Crippen molar-refractivity contribution in [2.24, 2.45) is 11.3 Å². The monoisotopic (exact) mass is 268 g/mol. The molecule has 0 heterocycles. The Bertz CT molecular complexity index is 408. The number of hydrazine groups is 1. The SMILES string of the molecule is CC1(C(Cc2cc(F)cc(F)c2)NN)CCCCC1. The summed E-state index contributed by atoms with van der Waals surface area (Å²) in [7, 11) is 0. The summed E-state index contributed by atoms with van der Waals surface area (Å²) in [5.74, 6) is 4.62. The van der Waals surface area contributed by atoms with Crippen LogP contribution in [0.1, 0.15) is 44.6 Å². The molecule has 1 aliphatic rings. The molecule has 2 nitrogen and oxygen atoms in total. The molecule has 1 aromatic carbocycles. The molecule has 0 spiro atoms. The Kier molecular flexibility index (Phi) is 4.53. The molecule has 106 valence electrons. The number of benzene rings is 1. The molecule has 1 aliphatic carbocycles. The summed E-state index contributed by atoms with van der Waals surface area (Å²) in [4.78, 5) is 0. The number of nitrogens with two attached hydrogens (primary N) is 1. The second-order valence-electron chi connectivity index (χ2n) is 5.92. The van der Waals surface area contributed by atoms with Gasteiger partial charge in [-0.05, 0) is 42.4 Å². The van der Waals surface area contributed by atoms with Crippen LogP contribution in [0, 0.1) is 17.0 Å². The van der Waals surface area contributed by atoms with E-state index >= 15 is 0 Å². The molecule has 2 rings (SSSR count). The minimum atomic E-state index is -0.528. The summed E-state index contributed by atoms with van der Waals surface area (Å²) in [5, 5.41) is 0. The zero-order valence-corrected chi connectivity index (χ0v) is 11.4. The number of halogens is 2. The van der Waals surface area contributed by atoms with Gasteiger partial charge in [-0.3, -0.25) is 11.3 Å². The highest BCUT2D eigenvalue weighted by atomic mass is 19.1. The van der Waals surface area contributed by atoms with Gasteiger partial charge in [-0.25, -0.2) is 8.78 Å². The predicted molar refractivity (Wildman–Crippen MR) is 72.4 cm³/mol. The van der Waals surface area contributed by atoms with Crippen LogP contribution in [0.15, 0.2) is 18.2 Å². The van der Waals surface area contributed by atoms with Gasteiger partial charge in [0.25, 0.3) is 0 Å². The molecule has 1 fully saturated rings. The van der Waals surface area contributed by atoms with Crippen molar-refractivity contribution in [2.75, 3.05) is 0 Å². The molecule has 3 N–H and O–H groups in total. The van der Waals surface area contributed by atoms with E-state index in [1.54, 1.807) is 0 Å². The zero-order chi connectivity index (χ0) is 13.9. The van der Waals surface area contributed by atoms with E-state index in [9.17, 15) is 8.78 Å². The van der Waals surface area contributed by atoms with Crippen molar-refractivity contribution < 1.29 is 8.78 Å². The van der Waals surface area contributed by atoms with Crippen molar-refractivity contribution in [3.05, 3.63) is 35.4 Å². The first-order valence-corrected chi connectivity index (χ1v) is 6.94. The maximum absolute atomic E-state index is 13.2. The Labute approximate surface area is 113 Å². The van der Waals surface area contributed by atoms with Crippen LogP contribution in [-0.4, -0.2) is 6.04 Å². The Hall–Kier alpha value is -1.00. The molecular weight excluding hydrogens is 246 g/mol. The number of rotatable bonds is 4. The first-order valence-electron chi connectivity index (χ1n) is 6.94.